The highest BCUT2D eigenvalue weighted by molar-refractivity contribution is 9.10. The quantitative estimate of drug-likeness (QED) is 0.724. The molecule has 4 heteroatoms. The van der Waals surface area contributed by atoms with Gasteiger partial charge >= 0.3 is 0 Å². The van der Waals surface area contributed by atoms with E-state index in [1.54, 1.807) is 0 Å². The van der Waals surface area contributed by atoms with Gasteiger partial charge in [0.25, 0.3) is 5.91 Å². The Labute approximate surface area is 135 Å². The molecule has 0 aromatic heterocycles. The molecule has 0 spiro atoms. The second kappa shape index (κ2) is 6.10. The van der Waals surface area contributed by atoms with Crippen LogP contribution in [0, 0.1) is 20.8 Å². The van der Waals surface area contributed by atoms with Crippen molar-refractivity contribution in [3.8, 4) is 0 Å². The van der Waals surface area contributed by atoms with Crippen LogP contribution in [0.1, 0.15) is 27.0 Å². The van der Waals surface area contributed by atoms with Crippen molar-refractivity contribution >= 4 is 43.5 Å². The molecule has 20 heavy (non-hydrogen) atoms. The number of anilines is 1. The number of hydrogen-bond donors (Lipinski definition) is 1. The molecule has 0 unspecified atom stereocenters. The number of amides is 1. The Morgan fingerprint density at radius 3 is 2.25 bits per heavy atom. The fourth-order valence-corrected chi connectivity index (χ4v) is 3.20. The lowest BCUT2D eigenvalue weighted by Crippen LogP contribution is -2.15. The predicted molar refractivity (Wildman–Crippen MR) is 90.4 cm³/mol. The van der Waals surface area contributed by atoms with Crippen LogP contribution in [-0.4, -0.2) is 5.91 Å². The van der Waals surface area contributed by atoms with Crippen LogP contribution in [0.2, 0.25) is 0 Å². The highest BCUT2D eigenvalue weighted by atomic mass is 79.9. The molecule has 2 aromatic carbocycles. The van der Waals surface area contributed by atoms with E-state index in [4.69, 9.17) is 0 Å². The van der Waals surface area contributed by atoms with Gasteiger partial charge in [0.05, 0.1) is 0 Å². The number of benzene rings is 2. The van der Waals surface area contributed by atoms with Gasteiger partial charge in [0, 0.05) is 20.2 Å². The summed E-state index contributed by atoms with van der Waals surface area (Å²) in [7, 11) is 0. The average Bonchev–Trinajstić information content (AvgIpc) is 2.36. The van der Waals surface area contributed by atoms with E-state index in [0.717, 1.165) is 31.3 Å². The lowest BCUT2D eigenvalue weighted by Gasteiger charge is -2.14. The van der Waals surface area contributed by atoms with Gasteiger partial charge in [-0.3, -0.25) is 4.79 Å². The zero-order chi connectivity index (χ0) is 14.9. The lowest BCUT2D eigenvalue weighted by molar-refractivity contribution is 0.102. The van der Waals surface area contributed by atoms with Gasteiger partial charge < -0.3 is 5.32 Å². The van der Waals surface area contributed by atoms with E-state index >= 15 is 0 Å². The maximum absolute atomic E-state index is 12.4. The number of aryl methyl sites for hydroxylation is 2. The van der Waals surface area contributed by atoms with Gasteiger partial charge in [-0.25, -0.2) is 0 Å². The first-order chi connectivity index (χ1) is 9.40. The van der Waals surface area contributed by atoms with Crippen molar-refractivity contribution in [3.05, 3.63) is 61.5 Å². The fraction of sp³-hybridized carbons (Fsp3) is 0.188. The highest BCUT2D eigenvalue weighted by Crippen LogP contribution is 2.26. The molecule has 1 N–H and O–H groups in total. The minimum atomic E-state index is -0.0858. The first kappa shape index (κ1) is 15.3. The zero-order valence-corrected chi connectivity index (χ0v) is 14.7. The average molecular weight is 397 g/mol. The number of nitrogens with one attached hydrogen (secondary N) is 1. The Bertz CT molecular complexity index is 657. The van der Waals surface area contributed by atoms with Gasteiger partial charge in [-0.2, -0.15) is 0 Å². The number of halogens is 2. The summed E-state index contributed by atoms with van der Waals surface area (Å²) in [5.74, 6) is -0.0858. The van der Waals surface area contributed by atoms with Crippen molar-refractivity contribution < 1.29 is 4.79 Å². The molecule has 0 saturated heterocycles. The number of hydrogen-bond acceptors (Lipinski definition) is 1. The second-order valence-corrected chi connectivity index (χ2v) is 6.55. The molecule has 0 aliphatic heterocycles. The number of carbonyl (C=O) groups excluding carboxylic acids is 1. The summed E-state index contributed by atoms with van der Waals surface area (Å²) in [5.41, 5.74) is 4.58. The van der Waals surface area contributed by atoms with Crippen LogP contribution in [-0.2, 0) is 0 Å². The van der Waals surface area contributed by atoms with Gasteiger partial charge in [-0.05, 0) is 61.7 Å². The maximum Gasteiger partial charge on any atom is 0.255 e. The smallest absolute Gasteiger partial charge is 0.255 e. The molecular weight excluding hydrogens is 382 g/mol. The largest absolute Gasteiger partial charge is 0.321 e. The first-order valence-electron chi connectivity index (χ1n) is 6.23. The van der Waals surface area contributed by atoms with Crippen molar-refractivity contribution in [1.29, 1.82) is 0 Å². The van der Waals surface area contributed by atoms with Crippen LogP contribution in [0.4, 0.5) is 5.69 Å². The molecule has 0 aliphatic carbocycles. The minimum Gasteiger partial charge on any atom is -0.321 e. The maximum atomic E-state index is 12.4. The Morgan fingerprint density at radius 1 is 1.05 bits per heavy atom. The van der Waals surface area contributed by atoms with Crippen LogP contribution in [0.25, 0.3) is 0 Å². The molecule has 1 amide bonds. The van der Waals surface area contributed by atoms with E-state index in [2.05, 4.69) is 37.2 Å². The van der Waals surface area contributed by atoms with Crippen LogP contribution < -0.4 is 5.32 Å². The normalized spacial score (nSPS) is 10.4. The summed E-state index contributed by atoms with van der Waals surface area (Å²) in [6, 6.07) is 9.63. The highest BCUT2D eigenvalue weighted by Gasteiger charge is 2.13. The first-order valence-corrected chi connectivity index (χ1v) is 7.82. The second-order valence-electron chi connectivity index (χ2n) is 4.78. The Morgan fingerprint density at radius 2 is 1.65 bits per heavy atom. The predicted octanol–water partition coefficient (Wildman–Crippen LogP) is 5.39. The third-order valence-corrected chi connectivity index (χ3v) is 4.57. The molecule has 0 atom stereocenters. The lowest BCUT2D eigenvalue weighted by atomic mass is 10.1. The Hall–Kier alpha value is -1.13. The van der Waals surface area contributed by atoms with E-state index in [1.165, 1.54) is 0 Å². The molecule has 0 bridgehead atoms. The van der Waals surface area contributed by atoms with E-state index < -0.39 is 0 Å². The van der Waals surface area contributed by atoms with Crippen LogP contribution in [0.15, 0.2) is 39.3 Å². The Balaban J connectivity index is 2.36. The van der Waals surface area contributed by atoms with Crippen molar-refractivity contribution in [2.45, 2.75) is 20.8 Å². The summed E-state index contributed by atoms with van der Waals surface area (Å²) in [5, 5.41) is 3.01. The number of rotatable bonds is 2. The van der Waals surface area contributed by atoms with Gasteiger partial charge in [0.1, 0.15) is 0 Å². The van der Waals surface area contributed by atoms with E-state index in [9.17, 15) is 4.79 Å². The van der Waals surface area contributed by atoms with E-state index in [0.29, 0.717) is 5.56 Å². The summed E-state index contributed by atoms with van der Waals surface area (Å²) < 4.78 is 1.96. The minimum absolute atomic E-state index is 0.0858. The van der Waals surface area contributed by atoms with Crippen molar-refractivity contribution in [1.82, 2.24) is 0 Å². The van der Waals surface area contributed by atoms with E-state index in [1.807, 2.05) is 51.1 Å². The molecule has 104 valence electrons. The molecule has 0 heterocycles. The summed E-state index contributed by atoms with van der Waals surface area (Å²) in [6.45, 7) is 5.91. The van der Waals surface area contributed by atoms with E-state index in [-0.39, 0.29) is 5.91 Å². The van der Waals surface area contributed by atoms with Crippen LogP contribution >= 0.6 is 31.9 Å². The molecule has 2 aromatic rings. The van der Waals surface area contributed by atoms with Gasteiger partial charge in [-0.15, -0.1) is 0 Å². The van der Waals surface area contributed by atoms with Crippen molar-refractivity contribution in [2.24, 2.45) is 0 Å². The van der Waals surface area contributed by atoms with Gasteiger partial charge in [-0.1, -0.05) is 37.9 Å². The van der Waals surface area contributed by atoms with Crippen LogP contribution in [0.3, 0.4) is 0 Å². The monoisotopic (exact) mass is 395 g/mol. The molecule has 0 radical (unpaired) electrons. The van der Waals surface area contributed by atoms with Crippen LogP contribution in [0.5, 0.6) is 0 Å². The standard InChI is InChI=1S/C16H15Br2NO/c1-9-7-12(17)8-10(2)15(9)19-16(20)13-5-4-6-14(18)11(13)3/h4-8H,1-3H3,(H,19,20). The summed E-state index contributed by atoms with van der Waals surface area (Å²) in [6.07, 6.45) is 0. The van der Waals surface area contributed by atoms with Crippen molar-refractivity contribution in [3.63, 3.8) is 0 Å². The summed E-state index contributed by atoms with van der Waals surface area (Å²) >= 11 is 6.91. The topological polar surface area (TPSA) is 29.1 Å². The zero-order valence-electron chi connectivity index (χ0n) is 11.6. The molecule has 2 rings (SSSR count). The fourth-order valence-electron chi connectivity index (χ4n) is 2.14. The molecule has 0 saturated carbocycles. The summed E-state index contributed by atoms with van der Waals surface area (Å²) in [4.78, 5) is 12.4. The third kappa shape index (κ3) is 3.13. The molecule has 0 fully saturated rings. The van der Waals surface area contributed by atoms with Gasteiger partial charge in [0.15, 0.2) is 0 Å². The Kier molecular flexibility index (Phi) is 4.66. The SMILES string of the molecule is Cc1cc(Br)cc(C)c1NC(=O)c1cccc(Br)c1C. The molecule has 2 nitrogen and oxygen atoms in total. The third-order valence-electron chi connectivity index (χ3n) is 3.25. The molecule has 0 aliphatic rings. The van der Waals surface area contributed by atoms with Gasteiger partial charge in [0.2, 0.25) is 0 Å². The number of carbonyl (C=O) groups is 1. The van der Waals surface area contributed by atoms with Crippen molar-refractivity contribution in [2.75, 3.05) is 5.32 Å². The molecular formula is C16H15Br2NO.